The number of rotatable bonds is 23. The molecule has 1 unspecified atom stereocenters. The Balaban J connectivity index is 7.78. The lowest BCUT2D eigenvalue weighted by Gasteiger charge is -2.44. The van der Waals surface area contributed by atoms with Gasteiger partial charge in [0.15, 0.2) is 0 Å². The maximum Gasteiger partial charge on any atom is 0.305 e. The van der Waals surface area contributed by atoms with Gasteiger partial charge in [-0.25, -0.2) is 0 Å². The zero-order chi connectivity index (χ0) is 42.1. The van der Waals surface area contributed by atoms with Gasteiger partial charge in [-0.1, -0.05) is 13.8 Å². The molecule has 0 bridgehead atoms. The van der Waals surface area contributed by atoms with Gasteiger partial charge in [-0.15, -0.1) is 0 Å². The van der Waals surface area contributed by atoms with Gasteiger partial charge < -0.3 is 25.7 Å². The number of amides is 8. The third kappa shape index (κ3) is 19.2. The van der Waals surface area contributed by atoms with E-state index in [9.17, 15) is 78.0 Å². The molecule has 54 heavy (non-hydrogen) atoms. The van der Waals surface area contributed by atoms with Crippen LogP contribution in [-0.4, -0.2) is 134 Å². The molecule has 0 saturated carbocycles. The van der Waals surface area contributed by atoms with E-state index in [0.717, 1.165) is 27.7 Å². The van der Waals surface area contributed by atoms with Crippen LogP contribution >= 0.6 is 0 Å². The van der Waals surface area contributed by atoms with Crippen LogP contribution < -0.4 is 42.5 Å². The topological polar surface area (TPSA) is 382 Å². The van der Waals surface area contributed by atoms with Crippen molar-refractivity contribution in [3.05, 3.63) is 0 Å². The molecule has 24 nitrogen and oxygen atoms in total. The van der Waals surface area contributed by atoms with Crippen LogP contribution in [0.3, 0.4) is 0 Å². The molecule has 0 aromatic rings. The summed E-state index contributed by atoms with van der Waals surface area (Å²) in [4.78, 5) is 146. The molecule has 12 N–H and O–H groups in total. The molecule has 5 atom stereocenters. The van der Waals surface area contributed by atoms with Crippen LogP contribution in [0.5, 0.6) is 0 Å². The first kappa shape index (κ1) is 48.3. The van der Waals surface area contributed by atoms with Crippen LogP contribution in [0.25, 0.3) is 0 Å². The molecule has 0 aromatic carbocycles. The van der Waals surface area contributed by atoms with Crippen LogP contribution in [0, 0.1) is 5.41 Å². The normalized spacial score (nSPS) is 13.9. The highest BCUT2D eigenvalue weighted by Gasteiger charge is 2.43. The van der Waals surface area contributed by atoms with Crippen molar-refractivity contribution in [1.82, 2.24) is 42.5 Å². The molecule has 0 spiro atoms. The zero-order valence-corrected chi connectivity index (χ0v) is 30.2. The average molecular weight is 775 g/mol. The van der Waals surface area contributed by atoms with Crippen molar-refractivity contribution in [2.24, 2.45) is 5.41 Å². The Labute approximate surface area is 307 Å². The maximum atomic E-state index is 13.1. The van der Waals surface area contributed by atoms with Gasteiger partial charge >= 0.3 is 23.9 Å². The minimum Gasteiger partial charge on any atom is -0.481 e. The van der Waals surface area contributed by atoms with E-state index < -0.39 is 145 Å². The number of carboxylic acids is 4. The van der Waals surface area contributed by atoms with E-state index in [1.165, 1.54) is 13.8 Å². The molecular formula is C30H46N8O16. The number of aliphatic carboxylic acids is 4. The lowest BCUT2D eigenvalue weighted by Crippen LogP contribution is -2.71. The van der Waals surface area contributed by atoms with E-state index in [1.54, 1.807) is 0 Å². The Morgan fingerprint density at radius 2 is 0.704 bits per heavy atom. The summed E-state index contributed by atoms with van der Waals surface area (Å²) in [7, 11) is 0. The summed E-state index contributed by atoms with van der Waals surface area (Å²) in [5.74, 6) is -14.8. The third-order valence-electron chi connectivity index (χ3n) is 7.10. The molecule has 0 aromatic heterocycles. The summed E-state index contributed by atoms with van der Waals surface area (Å²) in [6, 6.07) is -8.97. The molecule has 0 saturated heterocycles. The van der Waals surface area contributed by atoms with E-state index in [1.807, 2.05) is 21.3 Å². The van der Waals surface area contributed by atoms with Crippen molar-refractivity contribution < 1.29 is 78.0 Å². The summed E-state index contributed by atoms with van der Waals surface area (Å²) < 4.78 is 0. The summed E-state index contributed by atoms with van der Waals surface area (Å²) in [5, 5.41) is 56.2. The first-order valence-electron chi connectivity index (χ1n) is 15.9. The highest BCUT2D eigenvalue weighted by Crippen LogP contribution is 2.25. The van der Waals surface area contributed by atoms with Gasteiger partial charge in [0.1, 0.15) is 0 Å². The number of carbonyl (C=O) groups excluding carboxylic acids is 8. The standard InChI is InChI=1S/C30H46N8O16/c1-12(39)32-26(51)16(7-20(43)44)31-11-30(5,6)24(36-17(8-21(45)46)27(52)33-13(2)40)25(37-18(9-22(47)48)28(53)34-14(3)41)38-19(10-23(49)50)29(54)35-15(4)42/h16-19,24-25,31,36-38H,7-11H2,1-6H3,(H,43,44)(H,45,46)(H,47,48)(H,49,50)(H,32,39,51)(H,33,40,52)(H,34,41,53)(H,35,42,54)/t16-,17-,18-,19-,24?/m0/s1. The van der Waals surface area contributed by atoms with Crippen LogP contribution in [0.15, 0.2) is 0 Å². The first-order valence-corrected chi connectivity index (χ1v) is 15.9. The van der Waals surface area contributed by atoms with Gasteiger partial charge in [0.05, 0.1) is 56.0 Å². The van der Waals surface area contributed by atoms with Crippen molar-refractivity contribution in [2.45, 2.75) is 104 Å². The second kappa shape index (κ2) is 22.4. The van der Waals surface area contributed by atoms with Gasteiger partial charge in [0.25, 0.3) is 0 Å². The highest BCUT2D eigenvalue weighted by molar-refractivity contribution is 6.00. The largest absolute Gasteiger partial charge is 0.481 e. The molecule has 0 aliphatic rings. The maximum absolute atomic E-state index is 13.1. The Morgan fingerprint density at radius 3 is 0.981 bits per heavy atom. The number of carbonyl (C=O) groups is 12. The smallest absolute Gasteiger partial charge is 0.305 e. The Morgan fingerprint density at radius 1 is 0.444 bits per heavy atom. The fourth-order valence-electron chi connectivity index (χ4n) is 4.84. The van der Waals surface area contributed by atoms with Gasteiger partial charge in [-0.2, -0.15) is 0 Å². The van der Waals surface area contributed by atoms with Crippen molar-refractivity contribution in [2.75, 3.05) is 6.54 Å². The summed E-state index contributed by atoms with van der Waals surface area (Å²) in [6.45, 7) is 5.91. The number of carboxylic acid groups (broad SMARTS) is 4. The van der Waals surface area contributed by atoms with Crippen molar-refractivity contribution in [3.63, 3.8) is 0 Å². The van der Waals surface area contributed by atoms with E-state index in [4.69, 9.17) is 0 Å². The lowest BCUT2D eigenvalue weighted by molar-refractivity contribution is -0.142. The molecule has 302 valence electrons. The summed E-state index contributed by atoms with van der Waals surface area (Å²) in [5.41, 5.74) is -1.62. The van der Waals surface area contributed by atoms with Crippen LogP contribution in [-0.2, 0) is 57.5 Å². The van der Waals surface area contributed by atoms with E-state index >= 15 is 0 Å². The fraction of sp³-hybridized carbons (Fsp3) is 0.600. The lowest BCUT2D eigenvalue weighted by atomic mass is 9.80. The van der Waals surface area contributed by atoms with Crippen LogP contribution in [0.4, 0.5) is 0 Å². The average Bonchev–Trinajstić information content (AvgIpc) is 2.97. The predicted octanol–water partition coefficient (Wildman–Crippen LogP) is -4.91. The Bertz CT molecular complexity index is 1450. The molecule has 24 heteroatoms. The first-order chi connectivity index (χ1) is 24.7. The Kier molecular flexibility index (Phi) is 20.0. The monoisotopic (exact) mass is 774 g/mol. The summed E-state index contributed by atoms with van der Waals surface area (Å²) in [6.07, 6.45) is -5.96. The van der Waals surface area contributed by atoms with Crippen LogP contribution in [0.1, 0.15) is 67.2 Å². The van der Waals surface area contributed by atoms with Crippen molar-refractivity contribution >= 4 is 71.1 Å². The van der Waals surface area contributed by atoms with Gasteiger partial charge in [-0.3, -0.25) is 94.8 Å². The van der Waals surface area contributed by atoms with Gasteiger partial charge in [0.2, 0.25) is 47.3 Å². The van der Waals surface area contributed by atoms with Gasteiger partial charge in [-0.05, 0) is 5.41 Å². The number of imide groups is 4. The minimum atomic E-state index is -1.91. The molecule has 0 rings (SSSR count). The van der Waals surface area contributed by atoms with Gasteiger partial charge in [0, 0.05) is 40.3 Å². The molecule has 0 radical (unpaired) electrons. The molecule has 0 fully saturated rings. The summed E-state index contributed by atoms with van der Waals surface area (Å²) >= 11 is 0. The second-order valence-electron chi connectivity index (χ2n) is 12.6. The highest BCUT2D eigenvalue weighted by atomic mass is 16.4. The van der Waals surface area contributed by atoms with Crippen molar-refractivity contribution in [1.29, 1.82) is 0 Å². The number of hydrogen-bond donors (Lipinski definition) is 12. The molecular weight excluding hydrogens is 728 g/mol. The number of nitrogens with one attached hydrogen (secondary N) is 8. The third-order valence-corrected chi connectivity index (χ3v) is 7.10. The van der Waals surface area contributed by atoms with E-state index in [2.05, 4.69) is 21.3 Å². The molecule has 0 aliphatic heterocycles. The molecule has 0 heterocycles. The molecule has 8 amide bonds. The van der Waals surface area contributed by atoms with E-state index in [-0.39, 0.29) is 0 Å². The SMILES string of the molecule is CC(=O)NC(=O)[C@H](CC(=O)O)NCC(C)(C)C(N[C@@H](CC(=O)O)C(=O)NC(C)=O)C(N[C@@H](CC(=O)O)C(=O)NC(C)=O)N[C@@H](CC(=O)O)C(=O)NC(C)=O. The van der Waals surface area contributed by atoms with E-state index in [0.29, 0.717) is 0 Å². The molecule has 0 aliphatic carbocycles. The minimum absolute atomic E-state index is 0.519. The Hall–Kier alpha value is -5.72. The second-order valence-corrected chi connectivity index (χ2v) is 12.6. The zero-order valence-electron chi connectivity index (χ0n) is 30.2. The van der Waals surface area contributed by atoms with Crippen molar-refractivity contribution in [3.8, 4) is 0 Å². The fourth-order valence-corrected chi connectivity index (χ4v) is 4.84. The predicted molar refractivity (Wildman–Crippen MR) is 178 cm³/mol. The quantitative estimate of drug-likeness (QED) is 0.0433. The van der Waals surface area contributed by atoms with Crippen LogP contribution in [0.2, 0.25) is 0 Å². The number of hydrogen-bond acceptors (Lipinski definition) is 16.